The zero-order valence-corrected chi connectivity index (χ0v) is 15.1. The molecule has 6 nitrogen and oxygen atoms in total. The van der Waals surface area contributed by atoms with Gasteiger partial charge in [0.15, 0.2) is 17.6 Å². The van der Waals surface area contributed by atoms with Gasteiger partial charge < -0.3 is 18.9 Å². The fraction of sp³-hybridized carbons (Fsp3) is 0.238. The van der Waals surface area contributed by atoms with Gasteiger partial charge in [0, 0.05) is 11.6 Å². The summed E-state index contributed by atoms with van der Waals surface area (Å²) in [5.41, 5.74) is 1.22. The third-order valence-corrected chi connectivity index (χ3v) is 4.01. The molecule has 3 rings (SSSR count). The van der Waals surface area contributed by atoms with Crippen LogP contribution in [0.15, 0.2) is 48.5 Å². The lowest BCUT2D eigenvalue weighted by Crippen LogP contribution is -2.23. The highest BCUT2D eigenvalue weighted by Gasteiger charge is 2.18. The van der Waals surface area contributed by atoms with Crippen LogP contribution in [0.4, 0.5) is 0 Å². The van der Waals surface area contributed by atoms with Crippen molar-refractivity contribution in [3.63, 3.8) is 0 Å². The fourth-order valence-electron chi connectivity index (χ4n) is 2.58. The standard InChI is InChI=1S/C21H20O6/c1-14(21(23)16-5-7-17(24-2)8-6-16)27-20(22)10-4-15-3-9-18-19(13-15)26-12-11-25-18/h3-10,13-14H,11-12H2,1-2H3/b10-4+/t14-/m1/s1. The summed E-state index contributed by atoms with van der Waals surface area (Å²) in [6, 6.07) is 12.0. The van der Waals surface area contributed by atoms with E-state index in [1.807, 2.05) is 6.07 Å². The van der Waals surface area contributed by atoms with E-state index in [-0.39, 0.29) is 5.78 Å². The first kappa shape index (κ1) is 18.5. The average Bonchev–Trinajstić information content (AvgIpc) is 2.71. The number of esters is 1. The van der Waals surface area contributed by atoms with Crippen LogP contribution in [-0.2, 0) is 9.53 Å². The molecular formula is C21H20O6. The lowest BCUT2D eigenvalue weighted by atomic mass is 10.1. The van der Waals surface area contributed by atoms with Gasteiger partial charge in [-0.2, -0.15) is 0 Å². The van der Waals surface area contributed by atoms with Crippen molar-refractivity contribution in [2.24, 2.45) is 0 Å². The molecule has 0 aliphatic carbocycles. The minimum atomic E-state index is -0.893. The largest absolute Gasteiger partial charge is 0.497 e. The van der Waals surface area contributed by atoms with Crippen LogP contribution >= 0.6 is 0 Å². The summed E-state index contributed by atoms with van der Waals surface area (Å²) in [4.78, 5) is 24.4. The van der Waals surface area contributed by atoms with Crippen molar-refractivity contribution in [3.8, 4) is 17.2 Å². The highest BCUT2D eigenvalue weighted by molar-refractivity contribution is 6.01. The van der Waals surface area contributed by atoms with Gasteiger partial charge in [0.05, 0.1) is 7.11 Å². The van der Waals surface area contributed by atoms with Crippen LogP contribution in [0.2, 0.25) is 0 Å². The number of hydrogen-bond acceptors (Lipinski definition) is 6. The molecule has 0 fully saturated rings. The summed E-state index contributed by atoms with van der Waals surface area (Å²) in [5, 5.41) is 0. The summed E-state index contributed by atoms with van der Waals surface area (Å²) >= 11 is 0. The van der Waals surface area contributed by atoms with E-state index in [1.54, 1.807) is 56.5 Å². The van der Waals surface area contributed by atoms with E-state index in [9.17, 15) is 9.59 Å². The third-order valence-electron chi connectivity index (χ3n) is 4.01. The predicted octanol–water partition coefficient (Wildman–Crippen LogP) is 3.29. The molecule has 0 spiro atoms. The van der Waals surface area contributed by atoms with E-state index >= 15 is 0 Å². The van der Waals surface area contributed by atoms with E-state index in [2.05, 4.69) is 0 Å². The lowest BCUT2D eigenvalue weighted by molar-refractivity contribution is -0.140. The fourth-order valence-corrected chi connectivity index (χ4v) is 2.58. The number of fused-ring (bicyclic) bond motifs is 1. The summed E-state index contributed by atoms with van der Waals surface area (Å²) in [6.45, 7) is 2.56. The molecule has 0 amide bonds. The number of carbonyl (C=O) groups excluding carboxylic acids is 2. The van der Waals surface area contributed by atoms with Crippen LogP contribution in [0.3, 0.4) is 0 Å². The maximum atomic E-state index is 12.3. The maximum Gasteiger partial charge on any atom is 0.331 e. The molecule has 1 atom stereocenters. The van der Waals surface area contributed by atoms with E-state index in [4.69, 9.17) is 18.9 Å². The zero-order chi connectivity index (χ0) is 19.2. The number of benzene rings is 2. The van der Waals surface area contributed by atoms with Gasteiger partial charge in [-0.15, -0.1) is 0 Å². The average molecular weight is 368 g/mol. The molecule has 0 saturated heterocycles. The SMILES string of the molecule is COc1ccc(C(=O)[C@@H](C)OC(=O)/C=C/c2ccc3c(c2)OCCO3)cc1. The van der Waals surface area contributed by atoms with Crippen molar-refractivity contribution in [1.82, 2.24) is 0 Å². The maximum absolute atomic E-state index is 12.3. The van der Waals surface area contributed by atoms with Gasteiger partial charge in [0.2, 0.25) is 5.78 Å². The molecule has 27 heavy (non-hydrogen) atoms. The topological polar surface area (TPSA) is 71.1 Å². The van der Waals surface area contributed by atoms with Crippen molar-refractivity contribution in [1.29, 1.82) is 0 Å². The number of ether oxygens (including phenoxy) is 4. The number of Topliss-reactive ketones (excluding diaryl/α,β-unsaturated/α-hetero) is 1. The van der Waals surface area contributed by atoms with Gasteiger partial charge in [-0.3, -0.25) is 4.79 Å². The molecule has 0 aromatic heterocycles. The molecule has 2 aromatic rings. The van der Waals surface area contributed by atoms with Crippen molar-refractivity contribution in [2.45, 2.75) is 13.0 Å². The minimum Gasteiger partial charge on any atom is -0.497 e. The molecule has 1 aliphatic heterocycles. The first-order chi connectivity index (χ1) is 13.1. The number of carbonyl (C=O) groups is 2. The lowest BCUT2D eigenvalue weighted by Gasteiger charge is -2.18. The van der Waals surface area contributed by atoms with Crippen LogP contribution in [0.5, 0.6) is 17.2 Å². The number of rotatable bonds is 6. The highest BCUT2D eigenvalue weighted by Crippen LogP contribution is 2.31. The van der Waals surface area contributed by atoms with Crippen molar-refractivity contribution < 1.29 is 28.5 Å². The van der Waals surface area contributed by atoms with Crippen molar-refractivity contribution in [2.75, 3.05) is 20.3 Å². The van der Waals surface area contributed by atoms with Crippen molar-refractivity contribution in [3.05, 3.63) is 59.7 Å². The Kier molecular flexibility index (Phi) is 5.76. The first-order valence-electron chi connectivity index (χ1n) is 8.53. The van der Waals surface area contributed by atoms with Gasteiger partial charge in [-0.1, -0.05) is 6.07 Å². The number of ketones is 1. The van der Waals surface area contributed by atoms with Gasteiger partial charge in [-0.25, -0.2) is 4.79 Å². The Balaban J connectivity index is 1.59. The van der Waals surface area contributed by atoms with E-state index in [0.29, 0.717) is 36.0 Å². The quantitative estimate of drug-likeness (QED) is 0.443. The summed E-state index contributed by atoms with van der Waals surface area (Å²) in [6.07, 6.45) is 1.99. The summed E-state index contributed by atoms with van der Waals surface area (Å²) in [7, 11) is 1.55. The van der Waals surface area contributed by atoms with Crippen LogP contribution < -0.4 is 14.2 Å². The van der Waals surface area contributed by atoms with Crippen LogP contribution in [0.1, 0.15) is 22.8 Å². The summed E-state index contributed by atoms with van der Waals surface area (Å²) in [5.74, 6) is 1.09. The smallest absolute Gasteiger partial charge is 0.331 e. The molecule has 2 aromatic carbocycles. The molecule has 0 bridgehead atoms. The van der Waals surface area contributed by atoms with E-state index in [0.717, 1.165) is 5.56 Å². The Bertz CT molecular complexity index is 853. The molecule has 0 radical (unpaired) electrons. The molecule has 140 valence electrons. The molecule has 0 N–H and O–H groups in total. The second-order valence-corrected chi connectivity index (χ2v) is 5.91. The molecule has 0 unspecified atom stereocenters. The zero-order valence-electron chi connectivity index (χ0n) is 15.1. The van der Waals surface area contributed by atoms with Gasteiger partial charge in [0.1, 0.15) is 19.0 Å². The van der Waals surface area contributed by atoms with E-state index < -0.39 is 12.1 Å². The first-order valence-corrected chi connectivity index (χ1v) is 8.53. The molecular weight excluding hydrogens is 348 g/mol. The third kappa shape index (κ3) is 4.67. The van der Waals surface area contributed by atoms with Crippen LogP contribution in [0, 0.1) is 0 Å². The van der Waals surface area contributed by atoms with E-state index in [1.165, 1.54) is 6.08 Å². The van der Waals surface area contributed by atoms with Gasteiger partial charge in [0.25, 0.3) is 0 Å². The van der Waals surface area contributed by atoms with Crippen LogP contribution in [0.25, 0.3) is 6.08 Å². The number of methoxy groups -OCH3 is 1. The molecule has 1 aliphatic rings. The Morgan fingerprint density at radius 2 is 1.74 bits per heavy atom. The summed E-state index contributed by atoms with van der Waals surface area (Å²) < 4.78 is 21.2. The Labute approximate surface area is 157 Å². The highest BCUT2D eigenvalue weighted by atomic mass is 16.6. The molecule has 0 saturated carbocycles. The molecule has 6 heteroatoms. The normalized spacial score (nSPS) is 13.9. The number of hydrogen-bond donors (Lipinski definition) is 0. The minimum absolute atomic E-state index is 0.279. The Morgan fingerprint density at radius 3 is 2.44 bits per heavy atom. The van der Waals surface area contributed by atoms with Gasteiger partial charge >= 0.3 is 5.97 Å². The van der Waals surface area contributed by atoms with Gasteiger partial charge in [-0.05, 0) is 55.0 Å². The Morgan fingerprint density at radius 1 is 1.04 bits per heavy atom. The second-order valence-electron chi connectivity index (χ2n) is 5.91. The molecule has 1 heterocycles. The second kappa shape index (κ2) is 8.40. The van der Waals surface area contributed by atoms with Crippen molar-refractivity contribution >= 4 is 17.8 Å². The van der Waals surface area contributed by atoms with Crippen LogP contribution in [-0.4, -0.2) is 38.2 Å². The Hall–Kier alpha value is -3.28. The monoisotopic (exact) mass is 368 g/mol. The predicted molar refractivity (Wildman–Crippen MR) is 99.3 cm³/mol.